The van der Waals surface area contributed by atoms with Crippen LogP contribution in [0.2, 0.25) is 0 Å². The highest BCUT2D eigenvalue weighted by Gasteiger charge is 2.22. The van der Waals surface area contributed by atoms with Gasteiger partial charge in [-0.2, -0.15) is 0 Å². The molecule has 2 aromatic heterocycles. The summed E-state index contributed by atoms with van der Waals surface area (Å²) in [6.45, 7) is 1.72. The number of benzene rings is 2. The minimum atomic E-state index is -3.91. The second-order valence-corrected chi connectivity index (χ2v) is 12.4. The summed E-state index contributed by atoms with van der Waals surface area (Å²) >= 11 is 1.12. The highest BCUT2D eigenvalue weighted by molar-refractivity contribution is 7.94. The Labute approximate surface area is 212 Å². The fourth-order valence-corrected chi connectivity index (χ4v) is 6.41. The van der Waals surface area contributed by atoms with Gasteiger partial charge in [-0.1, -0.05) is 6.07 Å². The topological polar surface area (TPSA) is 138 Å². The summed E-state index contributed by atoms with van der Waals surface area (Å²) in [4.78, 5) is 20.5. The predicted molar refractivity (Wildman–Crippen MR) is 138 cm³/mol. The van der Waals surface area contributed by atoms with Gasteiger partial charge in [-0.05, 0) is 73.0 Å². The molecule has 0 spiro atoms. The van der Waals surface area contributed by atoms with E-state index < -0.39 is 26.0 Å². The first-order valence-corrected chi connectivity index (χ1v) is 14.2. The molecule has 0 aliphatic rings. The number of aryl methyl sites for hydroxylation is 1. The van der Waals surface area contributed by atoms with Crippen LogP contribution in [0.15, 0.2) is 87.4 Å². The van der Waals surface area contributed by atoms with Gasteiger partial charge in [0.25, 0.3) is 26.0 Å². The lowest BCUT2D eigenvalue weighted by molar-refractivity contribution is 0.102. The number of carbonyl (C=O) groups excluding carboxylic acids is 1. The summed E-state index contributed by atoms with van der Waals surface area (Å²) in [7, 11) is -6.15. The summed E-state index contributed by atoms with van der Waals surface area (Å²) < 4.78 is 54.2. The Hall–Kier alpha value is -3.81. The number of aromatic nitrogens is 2. The predicted octanol–water partition coefficient (Wildman–Crippen LogP) is 3.72. The van der Waals surface area contributed by atoms with Gasteiger partial charge in [0.05, 0.1) is 10.6 Å². The van der Waals surface area contributed by atoms with E-state index in [0.29, 0.717) is 22.6 Å². The highest BCUT2D eigenvalue weighted by atomic mass is 32.2. The molecule has 0 radical (unpaired) electrons. The number of thiophene rings is 1. The van der Waals surface area contributed by atoms with Gasteiger partial charge < -0.3 is 5.32 Å². The molecular formula is C23H21N5O5S3. The van der Waals surface area contributed by atoms with Crippen molar-refractivity contribution >= 4 is 54.6 Å². The molecule has 4 aromatic rings. The molecule has 0 fully saturated rings. The number of nitrogens with zero attached hydrogens (tertiary/aromatic N) is 3. The molecule has 0 aliphatic heterocycles. The van der Waals surface area contributed by atoms with Gasteiger partial charge in [0.2, 0.25) is 5.95 Å². The summed E-state index contributed by atoms with van der Waals surface area (Å²) in [6.07, 6.45) is 1.45. The molecule has 36 heavy (non-hydrogen) atoms. The van der Waals surface area contributed by atoms with Gasteiger partial charge in [0.15, 0.2) is 0 Å². The van der Waals surface area contributed by atoms with Crippen LogP contribution in [-0.2, 0) is 20.0 Å². The van der Waals surface area contributed by atoms with E-state index in [9.17, 15) is 21.6 Å². The molecule has 0 aliphatic carbocycles. The number of hydrogen-bond acceptors (Lipinski definition) is 8. The third-order valence-corrected chi connectivity index (χ3v) is 9.55. The summed E-state index contributed by atoms with van der Waals surface area (Å²) in [5.41, 5.74) is 1.70. The number of amides is 1. The standard InChI is InChI=1S/C23H21N5O5S3/c1-16-13-14-24-23(25-16)27-35(30,31)20-11-7-18(8-12-20)26-22(29)17-5-9-19(10-6-17)28(2)36(32,33)21-4-3-15-34-21/h3-15H,1-2H3,(H,26,29)(H,24,25,27). The van der Waals surface area contributed by atoms with E-state index in [1.54, 1.807) is 24.4 Å². The lowest BCUT2D eigenvalue weighted by atomic mass is 10.2. The van der Waals surface area contributed by atoms with Crippen LogP contribution in [0, 0.1) is 6.92 Å². The Kier molecular flexibility index (Phi) is 7.06. The molecule has 2 aromatic carbocycles. The van der Waals surface area contributed by atoms with Crippen molar-refractivity contribution in [1.82, 2.24) is 9.97 Å². The lowest BCUT2D eigenvalue weighted by Gasteiger charge is -2.18. The van der Waals surface area contributed by atoms with Gasteiger partial charge in [-0.3, -0.25) is 9.10 Å². The Morgan fingerprint density at radius 1 is 0.944 bits per heavy atom. The maximum absolute atomic E-state index is 12.7. The van der Waals surface area contributed by atoms with E-state index in [4.69, 9.17) is 0 Å². The molecule has 10 nitrogen and oxygen atoms in total. The third-order valence-electron chi connectivity index (χ3n) is 5.05. The second-order valence-electron chi connectivity index (χ2n) is 7.56. The average Bonchev–Trinajstić information content (AvgIpc) is 3.40. The summed E-state index contributed by atoms with van der Waals surface area (Å²) in [5, 5.41) is 4.37. The van der Waals surface area contributed by atoms with Crippen molar-refractivity contribution in [3.63, 3.8) is 0 Å². The molecule has 0 atom stereocenters. The molecule has 0 saturated carbocycles. The molecule has 186 valence electrons. The van der Waals surface area contributed by atoms with E-state index in [0.717, 1.165) is 15.6 Å². The minimum absolute atomic E-state index is 0.0232. The van der Waals surface area contributed by atoms with Crippen LogP contribution in [0.25, 0.3) is 0 Å². The fraction of sp³-hybridized carbons (Fsp3) is 0.0870. The SMILES string of the molecule is Cc1ccnc(NS(=O)(=O)c2ccc(NC(=O)c3ccc(N(C)S(=O)(=O)c4cccs4)cc3)cc2)n1. The maximum Gasteiger partial charge on any atom is 0.273 e. The van der Waals surface area contributed by atoms with E-state index in [1.165, 1.54) is 67.8 Å². The number of nitrogens with one attached hydrogen (secondary N) is 2. The third kappa shape index (κ3) is 5.53. The first kappa shape index (κ1) is 25.3. The number of sulfonamides is 2. The average molecular weight is 544 g/mol. The van der Waals surface area contributed by atoms with E-state index in [-0.39, 0.29) is 15.1 Å². The molecule has 4 rings (SSSR count). The molecule has 2 heterocycles. The van der Waals surface area contributed by atoms with Gasteiger partial charge in [-0.15, -0.1) is 11.3 Å². The van der Waals surface area contributed by atoms with Crippen LogP contribution >= 0.6 is 11.3 Å². The maximum atomic E-state index is 12.7. The van der Waals surface area contributed by atoms with E-state index >= 15 is 0 Å². The van der Waals surface area contributed by atoms with Crippen molar-refractivity contribution in [1.29, 1.82) is 0 Å². The van der Waals surface area contributed by atoms with Gasteiger partial charge >= 0.3 is 0 Å². The fourth-order valence-electron chi connectivity index (χ4n) is 3.10. The Morgan fingerprint density at radius 3 is 2.25 bits per heavy atom. The zero-order chi connectivity index (χ0) is 25.9. The molecule has 13 heteroatoms. The first-order valence-electron chi connectivity index (χ1n) is 10.4. The molecule has 0 unspecified atom stereocenters. The molecule has 0 saturated heterocycles. The highest BCUT2D eigenvalue weighted by Crippen LogP contribution is 2.25. The molecular weight excluding hydrogens is 522 g/mol. The number of anilines is 3. The van der Waals surface area contributed by atoms with Crippen LogP contribution in [0.3, 0.4) is 0 Å². The number of hydrogen-bond donors (Lipinski definition) is 2. The second kappa shape index (κ2) is 10.0. The normalized spacial score (nSPS) is 11.6. The quantitative estimate of drug-likeness (QED) is 0.345. The minimum Gasteiger partial charge on any atom is -0.322 e. The van der Waals surface area contributed by atoms with Crippen LogP contribution in [0.5, 0.6) is 0 Å². The molecule has 0 bridgehead atoms. The smallest absolute Gasteiger partial charge is 0.273 e. The molecule has 1 amide bonds. The van der Waals surface area contributed by atoms with Crippen LogP contribution in [-0.4, -0.2) is 39.8 Å². The lowest BCUT2D eigenvalue weighted by Crippen LogP contribution is -2.25. The number of rotatable bonds is 8. The van der Waals surface area contributed by atoms with Crippen molar-refractivity contribution < 1.29 is 21.6 Å². The van der Waals surface area contributed by atoms with Gasteiger partial charge in [0, 0.05) is 30.2 Å². The van der Waals surface area contributed by atoms with E-state index in [1.807, 2.05) is 0 Å². The van der Waals surface area contributed by atoms with Crippen molar-refractivity contribution in [2.75, 3.05) is 21.4 Å². The summed E-state index contributed by atoms with van der Waals surface area (Å²) in [5.74, 6) is -0.475. The monoisotopic (exact) mass is 543 g/mol. The van der Waals surface area contributed by atoms with Crippen molar-refractivity contribution in [2.45, 2.75) is 16.0 Å². The Morgan fingerprint density at radius 2 is 1.64 bits per heavy atom. The largest absolute Gasteiger partial charge is 0.322 e. The van der Waals surface area contributed by atoms with Crippen LogP contribution < -0.4 is 14.3 Å². The first-order chi connectivity index (χ1) is 17.1. The Balaban J connectivity index is 1.43. The van der Waals surface area contributed by atoms with Crippen LogP contribution in [0.4, 0.5) is 17.3 Å². The van der Waals surface area contributed by atoms with Gasteiger partial charge in [-0.25, -0.2) is 31.5 Å². The van der Waals surface area contributed by atoms with E-state index in [2.05, 4.69) is 20.0 Å². The van der Waals surface area contributed by atoms with Crippen molar-refractivity contribution in [2.24, 2.45) is 0 Å². The molecule has 2 N–H and O–H groups in total. The van der Waals surface area contributed by atoms with Crippen LogP contribution in [0.1, 0.15) is 16.1 Å². The van der Waals surface area contributed by atoms with Crippen molar-refractivity contribution in [3.05, 3.63) is 89.6 Å². The zero-order valence-electron chi connectivity index (χ0n) is 19.1. The Bertz CT molecular complexity index is 1590. The summed E-state index contributed by atoms with van der Waals surface area (Å²) in [6, 6.07) is 16.5. The zero-order valence-corrected chi connectivity index (χ0v) is 21.6. The van der Waals surface area contributed by atoms with Crippen molar-refractivity contribution in [3.8, 4) is 0 Å². The number of carbonyl (C=O) groups is 1. The van der Waals surface area contributed by atoms with Gasteiger partial charge in [0.1, 0.15) is 4.21 Å².